The number of carbonyl (C=O) groups is 2. The summed E-state index contributed by atoms with van der Waals surface area (Å²) >= 11 is 6.19. The summed E-state index contributed by atoms with van der Waals surface area (Å²) in [6.07, 6.45) is 4.38. The van der Waals surface area contributed by atoms with Gasteiger partial charge in [-0.2, -0.15) is 0 Å². The number of hydrogen-bond acceptors (Lipinski definition) is 5. The lowest BCUT2D eigenvalue weighted by Crippen LogP contribution is -2.44. The first kappa shape index (κ1) is 21.3. The first-order chi connectivity index (χ1) is 13.6. The number of amides is 2. The summed E-state index contributed by atoms with van der Waals surface area (Å²) in [5.74, 6) is 0.631. The minimum atomic E-state index is -0.125. The summed E-state index contributed by atoms with van der Waals surface area (Å²) in [7, 11) is 0. The van der Waals surface area contributed by atoms with Crippen LogP contribution in [-0.2, 0) is 9.59 Å². The van der Waals surface area contributed by atoms with Crippen LogP contribution in [0.25, 0.3) is 11.3 Å². The molecule has 1 atom stereocenters. The van der Waals surface area contributed by atoms with Crippen LogP contribution in [0.2, 0.25) is 0 Å². The third-order valence-electron chi connectivity index (χ3n) is 4.77. The number of aromatic nitrogens is 1. The summed E-state index contributed by atoms with van der Waals surface area (Å²) < 4.78 is 1.02. The lowest BCUT2D eigenvalue weighted by molar-refractivity contribution is -0.132. The average Bonchev–Trinajstić information content (AvgIpc) is 3.16. The molecule has 3 rings (SSSR count). The lowest BCUT2D eigenvalue weighted by Gasteiger charge is -2.35. The predicted molar refractivity (Wildman–Crippen MR) is 121 cm³/mol. The van der Waals surface area contributed by atoms with Crippen LogP contribution in [0.4, 0.5) is 5.13 Å². The van der Waals surface area contributed by atoms with Gasteiger partial charge in [-0.3, -0.25) is 9.59 Å². The maximum absolute atomic E-state index is 12.5. The molecule has 2 heterocycles. The SMILES string of the molecule is CCC1CCCCN1C(=O)CSCC(=O)Nc1nc(-c2ccc(Br)cc2)cs1. The van der Waals surface area contributed by atoms with E-state index in [0.717, 1.165) is 41.5 Å². The quantitative estimate of drug-likeness (QED) is 0.601. The molecule has 1 aromatic heterocycles. The smallest absolute Gasteiger partial charge is 0.236 e. The molecule has 0 bridgehead atoms. The third kappa shape index (κ3) is 5.81. The van der Waals surface area contributed by atoms with E-state index in [0.29, 0.717) is 16.9 Å². The Bertz CT molecular complexity index is 810. The van der Waals surface area contributed by atoms with Gasteiger partial charge in [0.15, 0.2) is 5.13 Å². The molecule has 5 nitrogen and oxygen atoms in total. The van der Waals surface area contributed by atoms with Crippen LogP contribution in [0, 0.1) is 0 Å². The Balaban J connectivity index is 1.44. The third-order valence-corrected chi connectivity index (χ3v) is 6.97. The molecule has 1 aliphatic heterocycles. The fourth-order valence-corrected chi connectivity index (χ4v) is 5.01. The zero-order chi connectivity index (χ0) is 19.9. The molecule has 1 saturated heterocycles. The van der Waals surface area contributed by atoms with Gasteiger partial charge in [-0.1, -0.05) is 35.0 Å². The van der Waals surface area contributed by atoms with Gasteiger partial charge in [-0.05, 0) is 37.8 Å². The fraction of sp³-hybridized carbons (Fsp3) is 0.450. The number of benzene rings is 1. The first-order valence-electron chi connectivity index (χ1n) is 9.45. The molecule has 28 heavy (non-hydrogen) atoms. The number of piperidine rings is 1. The van der Waals surface area contributed by atoms with Gasteiger partial charge in [0.25, 0.3) is 0 Å². The molecule has 0 saturated carbocycles. The molecule has 1 N–H and O–H groups in total. The van der Waals surface area contributed by atoms with E-state index < -0.39 is 0 Å². The number of halogens is 1. The summed E-state index contributed by atoms with van der Waals surface area (Å²) in [6.45, 7) is 2.98. The van der Waals surface area contributed by atoms with E-state index in [1.807, 2.05) is 34.5 Å². The van der Waals surface area contributed by atoms with Gasteiger partial charge in [-0.15, -0.1) is 23.1 Å². The highest BCUT2D eigenvalue weighted by Crippen LogP contribution is 2.26. The molecule has 0 aliphatic carbocycles. The van der Waals surface area contributed by atoms with Crippen LogP contribution >= 0.6 is 39.0 Å². The second kappa shape index (κ2) is 10.4. The molecule has 1 fully saturated rings. The zero-order valence-electron chi connectivity index (χ0n) is 15.8. The molecule has 1 aliphatic rings. The number of thioether (sulfide) groups is 1. The van der Waals surface area contributed by atoms with Crippen molar-refractivity contribution >= 4 is 56.0 Å². The average molecular weight is 482 g/mol. The van der Waals surface area contributed by atoms with Crippen LogP contribution in [0.1, 0.15) is 32.6 Å². The van der Waals surface area contributed by atoms with E-state index in [-0.39, 0.29) is 17.6 Å². The maximum Gasteiger partial charge on any atom is 0.236 e. The Morgan fingerprint density at radius 1 is 1.29 bits per heavy atom. The number of nitrogens with one attached hydrogen (secondary N) is 1. The topological polar surface area (TPSA) is 62.3 Å². The van der Waals surface area contributed by atoms with Crippen molar-refractivity contribution in [3.63, 3.8) is 0 Å². The van der Waals surface area contributed by atoms with Crippen LogP contribution < -0.4 is 5.32 Å². The van der Waals surface area contributed by atoms with E-state index >= 15 is 0 Å². The molecular formula is C20H24BrN3O2S2. The van der Waals surface area contributed by atoms with Gasteiger partial charge < -0.3 is 10.2 Å². The van der Waals surface area contributed by atoms with Gasteiger partial charge in [0.1, 0.15) is 0 Å². The molecule has 1 aromatic carbocycles. The normalized spacial score (nSPS) is 16.8. The molecule has 1 unspecified atom stereocenters. The van der Waals surface area contributed by atoms with E-state index in [1.165, 1.54) is 29.5 Å². The van der Waals surface area contributed by atoms with Gasteiger partial charge in [0.2, 0.25) is 11.8 Å². The Morgan fingerprint density at radius 3 is 2.82 bits per heavy atom. The Labute approximate surface area is 182 Å². The molecular weight excluding hydrogens is 458 g/mol. The van der Waals surface area contributed by atoms with E-state index in [2.05, 4.69) is 33.2 Å². The molecule has 8 heteroatoms. The molecule has 0 spiro atoms. The molecule has 150 valence electrons. The largest absolute Gasteiger partial charge is 0.339 e. The standard InChI is InChI=1S/C20H24BrN3O2S2/c1-2-16-5-3-4-10-24(16)19(26)13-27-12-18(25)23-20-22-17(11-28-20)14-6-8-15(21)9-7-14/h6-9,11,16H,2-5,10,12-13H2,1H3,(H,22,23,25). The fourth-order valence-electron chi connectivity index (χ4n) is 3.31. The number of likely N-dealkylation sites (tertiary alicyclic amines) is 1. The van der Waals surface area contributed by atoms with Crippen molar-refractivity contribution in [1.29, 1.82) is 0 Å². The van der Waals surface area contributed by atoms with Crippen molar-refractivity contribution in [3.8, 4) is 11.3 Å². The number of thiazole rings is 1. The van der Waals surface area contributed by atoms with Crippen LogP contribution in [-0.4, -0.2) is 45.8 Å². The number of hydrogen-bond donors (Lipinski definition) is 1. The Kier molecular flexibility index (Phi) is 7.93. The second-order valence-corrected chi connectivity index (χ2v) is 9.49. The lowest BCUT2D eigenvalue weighted by atomic mass is 10.0. The summed E-state index contributed by atoms with van der Waals surface area (Å²) in [4.78, 5) is 31.1. The highest BCUT2D eigenvalue weighted by molar-refractivity contribution is 9.10. The monoisotopic (exact) mass is 481 g/mol. The number of anilines is 1. The highest BCUT2D eigenvalue weighted by atomic mass is 79.9. The second-order valence-electron chi connectivity index (χ2n) is 6.73. The van der Waals surface area contributed by atoms with Crippen LogP contribution in [0.3, 0.4) is 0 Å². The first-order valence-corrected chi connectivity index (χ1v) is 12.3. The number of carbonyl (C=O) groups excluding carboxylic acids is 2. The Hall–Kier alpha value is -1.38. The summed E-state index contributed by atoms with van der Waals surface area (Å²) in [5, 5.41) is 5.34. The maximum atomic E-state index is 12.5. The van der Waals surface area contributed by atoms with E-state index in [9.17, 15) is 9.59 Å². The van der Waals surface area contributed by atoms with Crippen LogP contribution in [0.5, 0.6) is 0 Å². The van der Waals surface area contributed by atoms with Gasteiger partial charge >= 0.3 is 0 Å². The van der Waals surface area contributed by atoms with Gasteiger partial charge in [0, 0.05) is 28.0 Å². The van der Waals surface area contributed by atoms with E-state index in [4.69, 9.17) is 0 Å². The minimum Gasteiger partial charge on any atom is -0.339 e. The van der Waals surface area contributed by atoms with Crippen molar-refractivity contribution in [2.45, 2.75) is 38.6 Å². The molecule has 2 amide bonds. The van der Waals surface area contributed by atoms with Crippen molar-refractivity contribution in [1.82, 2.24) is 9.88 Å². The Morgan fingerprint density at radius 2 is 2.07 bits per heavy atom. The van der Waals surface area contributed by atoms with Crippen LogP contribution in [0.15, 0.2) is 34.1 Å². The van der Waals surface area contributed by atoms with Gasteiger partial charge in [-0.25, -0.2) is 4.98 Å². The van der Waals surface area contributed by atoms with Crippen molar-refractivity contribution in [2.75, 3.05) is 23.4 Å². The molecule has 2 aromatic rings. The number of rotatable bonds is 7. The number of nitrogens with zero attached hydrogens (tertiary/aromatic N) is 2. The predicted octanol–water partition coefficient (Wildman–Crippen LogP) is 5.04. The van der Waals surface area contributed by atoms with Crippen molar-refractivity contribution in [2.24, 2.45) is 0 Å². The zero-order valence-corrected chi connectivity index (χ0v) is 19.0. The van der Waals surface area contributed by atoms with Crippen molar-refractivity contribution < 1.29 is 9.59 Å². The highest BCUT2D eigenvalue weighted by Gasteiger charge is 2.25. The minimum absolute atomic E-state index is 0.125. The summed E-state index contributed by atoms with van der Waals surface area (Å²) in [6, 6.07) is 8.26. The molecule has 0 radical (unpaired) electrons. The van der Waals surface area contributed by atoms with E-state index in [1.54, 1.807) is 0 Å². The van der Waals surface area contributed by atoms with Gasteiger partial charge in [0.05, 0.1) is 17.2 Å². The summed E-state index contributed by atoms with van der Waals surface area (Å²) in [5.41, 5.74) is 1.85. The van der Waals surface area contributed by atoms with Crippen molar-refractivity contribution in [3.05, 3.63) is 34.1 Å².